The topological polar surface area (TPSA) is 69.6 Å². The maximum Gasteiger partial charge on any atom is 0.317 e. The number of carboxylic acids is 1. The molecule has 116 valence electrons. The molecule has 2 atom stereocenters. The third-order valence-electron chi connectivity index (χ3n) is 3.76. The Hall–Kier alpha value is -1.56. The first-order valence-electron chi connectivity index (χ1n) is 7.33. The number of amides is 2. The van der Waals surface area contributed by atoms with Crippen LogP contribution < -0.4 is 5.32 Å². The number of likely N-dealkylation sites (tertiary alicyclic amines) is 1. The van der Waals surface area contributed by atoms with E-state index in [1.54, 1.807) is 16.2 Å². The SMILES string of the molecule is CC(Cc1ccsc1)NC(=O)N1CCCC(CC(=O)O)C1. The number of carbonyl (C=O) groups excluding carboxylic acids is 1. The Kier molecular flexibility index (Phi) is 5.61. The highest BCUT2D eigenvalue weighted by atomic mass is 32.1. The molecular weight excluding hydrogens is 288 g/mol. The van der Waals surface area contributed by atoms with Crippen molar-refractivity contribution in [2.75, 3.05) is 13.1 Å². The lowest BCUT2D eigenvalue weighted by atomic mass is 9.95. The largest absolute Gasteiger partial charge is 0.481 e. The average Bonchev–Trinajstić information content (AvgIpc) is 2.90. The summed E-state index contributed by atoms with van der Waals surface area (Å²) in [5.41, 5.74) is 1.23. The molecule has 6 heteroatoms. The summed E-state index contributed by atoms with van der Waals surface area (Å²) in [5.74, 6) is -0.706. The molecule has 2 unspecified atom stereocenters. The Bertz CT molecular complexity index is 475. The Morgan fingerprint density at radius 1 is 1.57 bits per heavy atom. The first kappa shape index (κ1) is 15.8. The van der Waals surface area contributed by atoms with E-state index in [1.807, 2.05) is 12.3 Å². The molecule has 1 aromatic rings. The second-order valence-electron chi connectivity index (χ2n) is 5.74. The molecule has 2 amide bonds. The Balaban J connectivity index is 1.80. The average molecular weight is 310 g/mol. The van der Waals surface area contributed by atoms with Crippen LogP contribution >= 0.6 is 11.3 Å². The van der Waals surface area contributed by atoms with Crippen molar-refractivity contribution in [2.45, 2.75) is 38.6 Å². The standard InChI is InChI=1S/C15H22N2O3S/c1-11(7-13-4-6-21-10-13)16-15(20)17-5-2-3-12(9-17)8-14(18)19/h4,6,10-12H,2-3,5,7-9H2,1H3,(H,16,20)(H,18,19). The van der Waals surface area contributed by atoms with Crippen LogP contribution in [-0.2, 0) is 11.2 Å². The molecule has 1 fully saturated rings. The van der Waals surface area contributed by atoms with Crippen molar-refractivity contribution in [3.8, 4) is 0 Å². The van der Waals surface area contributed by atoms with Crippen molar-refractivity contribution in [3.05, 3.63) is 22.4 Å². The van der Waals surface area contributed by atoms with Crippen molar-refractivity contribution >= 4 is 23.3 Å². The predicted octanol–water partition coefficient (Wildman–Crippen LogP) is 2.58. The number of hydrogen-bond donors (Lipinski definition) is 2. The molecule has 5 nitrogen and oxygen atoms in total. The van der Waals surface area contributed by atoms with Gasteiger partial charge in [-0.05, 0) is 54.5 Å². The molecule has 0 bridgehead atoms. The van der Waals surface area contributed by atoms with Crippen LogP contribution in [0, 0.1) is 5.92 Å². The lowest BCUT2D eigenvalue weighted by Gasteiger charge is -2.33. The second kappa shape index (κ2) is 7.45. The van der Waals surface area contributed by atoms with Crippen molar-refractivity contribution < 1.29 is 14.7 Å². The van der Waals surface area contributed by atoms with Gasteiger partial charge in [-0.25, -0.2) is 4.79 Å². The third-order valence-corrected chi connectivity index (χ3v) is 4.49. The number of nitrogens with one attached hydrogen (secondary N) is 1. The molecule has 1 saturated heterocycles. The number of hydrogen-bond acceptors (Lipinski definition) is 3. The van der Waals surface area contributed by atoms with E-state index in [0.717, 1.165) is 19.3 Å². The number of nitrogens with zero attached hydrogens (tertiary/aromatic N) is 1. The van der Waals surface area contributed by atoms with Crippen LogP contribution in [0.1, 0.15) is 31.7 Å². The predicted molar refractivity (Wildman–Crippen MR) is 82.6 cm³/mol. The highest BCUT2D eigenvalue weighted by molar-refractivity contribution is 7.07. The van der Waals surface area contributed by atoms with Gasteiger partial charge in [0.2, 0.25) is 0 Å². The quantitative estimate of drug-likeness (QED) is 0.878. The second-order valence-corrected chi connectivity index (χ2v) is 6.52. The van der Waals surface area contributed by atoms with Crippen LogP contribution in [-0.4, -0.2) is 41.1 Å². The number of carbonyl (C=O) groups is 2. The molecule has 0 aromatic carbocycles. The van der Waals surface area contributed by atoms with Gasteiger partial charge < -0.3 is 15.3 Å². The molecule has 1 aliphatic heterocycles. The minimum atomic E-state index is -0.784. The van der Waals surface area contributed by atoms with Crippen molar-refractivity contribution in [3.63, 3.8) is 0 Å². The van der Waals surface area contributed by atoms with Crippen LogP contribution in [0.5, 0.6) is 0 Å². The Morgan fingerprint density at radius 3 is 3.05 bits per heavy atom. The summed E-state index contributed by atoms with van der Waals surface area (Å²) in [6, 6.07) is 2.07. The summed E-state index contributed by atoms with van der Waals surface area (Å²) in [7, 11) is 0. The molecule has 21 heavy (non-hydrogen) atoms. The van der Waals surface area contributed by atoms with E-state index in [1.165, 1.54) is 5.56 Å². The number of carboxylic acid groups (broad SMARTS) is 1. The molecule has 0 saturated carbocycles. The van der Waals surface area contributed by atoms with E-state index >= 15 is 0 Å². The van der Waals surface area contributed by atoms with Crippen LogP contribution in [0.25, 0.3) is 0 Å². The normalized spacial score (nSPS) is 20.0. The maximum atomic E-state index is 12.2. The van der Waals surface area contributed by atoms with Gasteiger partial charge in [0.05, 0.1) is 0 Å². The summed E-state index contributed by atoms with van der Waals surface area (Å²) in [6.45, 7) is 3.25. The molecule has 1 aromatic heterocycles. The Labute approximate surface area is 129 Å². The van der Waals surface area contributed by atoms with Gasteiger partial charge in [-0.2, -0.15) is 11.3 Å². The van der Waals surface area contributed by atoms with E-state index < -0.39 is 5.97 Å². The first-order valence-corrected chi connectivity index (χ1v) is 8.27. The Morgan fingerprint density at radius 2 is 2.38 bits per heavy atom. The van der Waals surface area contributed by atoms with Crippen molar-refractivity contribution in [2.24, 2.45) is 5.92 Å². The van der Waals surface area contributed by atoms with Gasteiger partial charge in [-0.3, -0.25) is 4.79 Å². The zero-order chi connectivity index (χ0) is 15.2. The molecule has 2 N–H and O–H groups in total. The van der Waals surface area contributed by atoms with Crippen molar-refractivity contribution in [1.29, 1.82) is 0 Å². The van der Waals surface area contributed by atoms with Gasteiger partial charge in [0.15, 0.2) is 0 Å². The highest BCUT2D eigenvalue weighted by Gasteiger charge is 2.25. The molecule has 2 rings (SSSR count). The lowest BCUT2D eigenvalue weighted by molar-refractivity contribution is -0.138. The number of piperidine rings is 1. The molecule has 1 aliphatic rings. The summed E-state index contributed by atoms with van der Waals surface area (Å²) >= 11 is 1.66. The van der Waals surface area contributed by atoms with Crippen LogP contribution in [0.3, 0.4) is 0 Å². The molecule has 2 heterocycles. The minimum Gasteiger partial charge on any atom is -0.481 e. The van der Waals surface area contributed by atoms with Crippen LogP contribution in [0.4, 0.5) is 4.79 Å². The molecule has 0 radical (unpaired) electrons. The minimum absolute atomic E-state index is 0.0759. The van der Waals surface area contributed by atoms with Gasteiger partial charge >= 0.3 is 12.0 Å². The monoisotopic (exact) mass is 310 g/mol. The van der Waals surface area contributed by atoms with Gasteiger partial charge in [0.25, 0.3) is 0 Å². The summed E-state index contributed by atoms with van der Waals surface area (Å²) in [6.07, 6.45) is 2.74. The highest BCUT2D eigenvalue weighted by Crippen LogP contribution is 2.19. The fourth-order valence-electron chi connectivity index (χ4n) is 2.78. The van der Waals surface area contributed by atoms with Crippen LogP contribution in [0.2, 0.25) is 0 Å². The number of urea groups is 1. The molecule has 0 spiro atoms. The lowest BCUT2D eigenvalue weighted by Crippen LogP contribution is -2.48. The van der Waals surface area contributed by atoms with E-state index in [0.29, 0.717) is 13.1 Å². The number of rotatable bonds is 5. The maximum absolute atomic E-state index is 12.2. The van der Waals surface area contributed by atoms with Gasteiger partial charge in [0.1, 0.15) is 0 Å². The van der Waals surface area contributed by atoms with E-state index in [9.17, 15) is 9.59 Å². The van der Waals surface area contributed by atoms with E-state index in [-0.39, 0.29) is 24.4 Å². The summed E-state index contributed by atoms with van der Waals surface area (Å²) < 4.78 is 0. The van der Waals surface area contributed by atoms with Gasteiger partial charge in [0, 0.05) is 25.6 Å². The summed E-state index contributed by atoms with van der Waals surface area (Å²) in [4.78, 5) is 24.8. The zero-order valence-electron chi connectivity index (χ0n) is 12.2. The number of aliphatic carboxylic acids is 1. The van der Waals surface area contributed by atoms with Crippen molar-refractivity contribution in [1.82, 2.24) is 10.2 Å². The fourth-order valence-corrected chi connectivity index (χ4v) is 3.46. The van der Waals surface area contributed by atoms with Crippen LogP contribution in [0.15, 0.2) is 16.8 Å². The third kappa shape index (κ3) is 5.04. The molecular formula is C15H22N2O3S. The summed E-state index contributed by atoms with van der Waals surface area (Å²) in [5, 5.41) is 16.0. The van der Waals surface area contributed by atoms with Gasteiger partial charge in [-0.1, -0.05) is 0 Å². The first-order chi connectivity index (χ1) is 10.0. The smallest absolute Gasteiger partial charge is 0.317 e. The van der Waals surface area contributed by atoms with Gasteiger partial charge in [-0.15, -0.1) is 0 Å². The molecule has 0 aliphatic carbocycles. The van der Waals surface area contributed by atoms with E-state index in [2.05, 4.69) is 16.8 Å². The zero-order valence-corrected chi connectivity index (χ0v) is 13.1. The number of thiophene rings is 1. The fraction of sp³-hybridized carbons (Fsp3) is 0.600. The van der Waals surface area contributed by atoms with E-state index in [4.69, 9.17) is 5.11 Å².